The first kappa shape index (κ1) is 21.0. The number of anilines is 2. The van der Waals surface area contributed by atoms with Crippen LogP contribution in [0.5, 0.6) is 17.2 Å². The highest BCUT2D eigenvalue weighted by Gasteiger charge is 2.17. The monoisotopic (exact) mass is 434 g/mol. The zero-order valence-corrected chi connectivity index (χ0v) is 18.1. The van der Waals surface area contributed by atoms with Gasteiger partial charge in [-0.05, 0) is 18.2 Å². The van der Waals surface area contributed by atoms with Crippen molar-refractivity contribution in [2.75, 3.05) is 33.8 Å². The Kier molecular flexibility index (Phi) is 5.80. The summed E-state index contributed by atoms with van der Waals surface area (Å²) in [5.74, 6) is 1.44. The van der Waals surface area contributed by atoms with Crippen LogP contribution in [0.2, 0.25) is 0 Å². The molecule has 2 heterocycles. The molecule has 0 fully saturated rings. The van der Waals surface area contributed by atoms with Crippen molar-refractivity contribution in [3.63, 3.8) is 0 Å². The Morgan fingerprint density at radius 3 is 2.34 bits per heavy atom. The summed E-state index contributed by atoms with van der Waals surface area (Å²) in [4.78, 5) is 21.3. The predicted molar refractivity (Wildman–Crippen MR) is 120 cm³/mol. The Labute approximate surface area is 184 Å². The van der Waals surface area contributed by atoms with E-state index in [9.17, 15) is 4.79 Å². The summed E-state index contributed by atoms with van der Waals surface area (Å²) in [6.07, 6.45) is 3.55. The molecule has 0 aliphatic heterocycles. The fraction of sp³-hybridized carbons (Fsp3) is 0.174. The molecule has 0 saturated carbocycles. The predicted octanol–water partition coefficient (Wildman–Crippen LogP) is 3.98. The standard InChI is InChI=1S/C23H22N4O5/c1-29-18-11-15(12-19(30-2)20(18)31-3)25-23-24-13-14-9-10-27(21(14)26-23)17-8-6-5-7-16(17)22(28)32-4/h5-13H,1-4H3,(H,24,25,26). The van der Waals surface area contributed by atoms with E-state index in [0.29, 0.717) is 45.8 Å². The SMILES string of the molecule is COC(=O)c1ccccc1-n1ccc2cnc(Nc3cc(OC)c(OC)c(OC)c3)nc21. The van der Waals surface area contributed by atoms with Gasteiger partial charge in [-0.2, -0.15) is 4.98 Å². The number of aromatic nitrogens is 3. The van der Waals surface area contributed by atoms with Crippen LogP contribution >= 0.6 is 0 Å². The first-order valence-corrected chi connectivity index (χ1v) is 9.68. The average Bonchev–Trinajstić information content (AvgIpc) is 3.25. The van der Waals surface area contributed by atoms with Crippen LogP contribution in [0.25, 0.3) is 16.7 Å². The van der Waals surface area contributed by atoms with Crippen molar-refractivity contribution in [1.29, 1.82) is 0 Å². The van der Waals surface area contributed by atoms with E-state index in [1.54, 1.807) is 51.8 Å². The van der Waals surface area contributed by atoms with E-state index in [1.165, 1.54) is 7.11 Å². The first-order chi connectivity index (χ1) is 15.6. The van der Waals surface area contributed by atoms with Gasteiger partial charge in [0.1, 0.15) is 5.65 Å². The van der Waals surface area contributed by atoms with E-state index in [1.807, 2.05) is 29.0 Å². The molecule has 0 aliphatic rings. The topological polar surface area (TPSA) is 96.7 Å². The summed E-state index contributed by atoms with van der Waals surface area (Å²) in [5, 5.41) is 3.99. The van der Waals surface area contributed by atoms with Gasteiger partial charge in [0.2, 0.25) is 11.7 Å². The number of nitrogens with one attached hydrogen (secondary N) is 1. The summed E-state index contributed by atoms with van der Waals surface area (Å²) in [7, 11) is 6.00. The Bertz CT molecular complexity index is 1260. The molecular formula is C23H22N4O5. The molecule has 4 aromatic rings. The van der Waals surface area contributed by atoms with Gasteiger partial charge in [-0.1, -0.05) is 12.1 Å². The summed E-state index contributed by atoms with van der Waals surface area (Å²) in [5.41, 5.74) is 2.38. The fourth-order valence-corrected chi connectivity index (χ4v) is 3.42. The quantitative estimate of drug-likeness (QED) is 0.437. The zero-order chi connectivity index (χ0) is 22.7. The van der Waals surface area contributed by atoms with E-state index < -0.39 is 5.97 Å². The summed E-state index contributed by atoms with van der Waals surface area (Å²) in [6, 6.07) is 12.6. The van der Waals surface area contributed by atoms with Crippen molar-refractivity contribution < 1.29 is 23.7 Å². The van der Waals surface area contributed by atoms with Crippen molar-refractivity contribution in [2.24, 2.45) is 0 Å². The second kappa shape index (κ2) is 8.84. The van der Waals surface area contributed by atoms with Crippen LogP contribution in [-0.4, -0.2) is 48.9 Å². The molecule has 0 spiro atoms. The fourth-order valence-electron chi connectivity index (χ4n) is 3.42. The third kappa shape index (κ3) is 3.76. The molecular weight excluding hydrogens is 412 g/mol. The average molecular weight is 434 g/mol. The van der Waals surface area contributed by atoms with Crippen LogP contribution in [-0.2, 0) is 4.74 Å². The second-order valence-electron chi connectivity index (χ2n) is 6.71. The number of ether oxygens (including phenoxy) is 4. The van der Waals surface area contributed by atoms with Gasteiger partial charge in [-0.15, -0.1) is 0 Å². The number of carbonyl (C=O) groups excluding carboxylic acids is 1. The highest BCUT2D eigenvalue weighted by molar-refractivity contribution is 5.94. The number of hydrogen-bond acceptors (Lipinski definition) is 8. The molecule has 4 rings (SSSR count). The number of para-hydroxylation sites is 1. The Balaban J connectivity index is 1.76. The Morgan fingerprint density at radius 2 is 1.69 bits per heavy atom. The maximum Gasteiger partial charge on any atom is 0.339 e. The molecule has 9 nitrogen and oxygen atoms in total. The Morgan fingerprint density at radius 1 is 0.969 bits per heavy atom. The van der Waals surface area contributed by atoms with Crippen LogP contribution < -0.4 is 19.5 Å². The van der Waals surface area contributed by atoms with Gasteiger partial charge >= 0.3 is 5.97 Å². The van der Waals surface area contributed by atoms with Crippen LogP contribution in [0.3, 0.4) is 0 Å². The van der Waals surface area contributed by atoms with Gasteiger partial charge in [0.05, 0.1) is 39.7 Å². The van der Waals surface area contributed by atoms with Crippen molar-refractivity contribution >= 4 is 28.6 Å². The number of esters is 1. The minimum absolute atomic E-state index is 0.363. The van der Waals surface area contributed by atoms with Crippen molar-refractivity contribution in [1.82, 2.24) is 14.5 Å². The summed E-state index contributed by atoms with van der Waals surface area (Å²) < 4.78 is 22.9. The smallest absolute Gasteiger partial charge is 0.339 e. The van der Waals surface area contributed by atoms with Gasteiger partial charge in [0.15, 0.2) is 11.5 Å². The molecule has 0 aliphatic carbocycles. The number of hydrogen-bond donors (Lipinski definition) is 1. The number of nitrogens with zero attached hydrogens (tertiary/aromatic N) is 3. The molecule has 2 aromatic carbocycles. The molecule has 0 bridgehead atoms. The van der Waals surface area contributed by atoms with E-state index in [-0.39, 0.29) is 0 Å². The molecule has 32 heavy (non-hydrogen) atoms. The van der Waals surface area contributed by atoms with Gasteiger partial charge in [-0.3, -0.25) is 0 Å². The van der Waals surface area contributed by atoms with Crippen LogP contribution in [0.1, 0.15) is 10.4 Å². The molecule has 0 amide bonds. The van der Waals surface area contributed by atoms with Crippen LogP contribution in [0, 0.1) is 0 Å². The maximum atomic E-state index is 12.2. The van der Waals surface area contributed by atoms with Crippen molar-refractivity contribution in [3.05, 3.63) is 60.4 Å². The van der Waals surface area contributed by atoms with Crippen molar-refractivity contribution in [3.8, 4) is 22.9 Å². The number of carbonyl (C=O) groups is 1. The van der Waals surface area contributed by atoms with Crippen molar-refractivity contribution in [2.45, 2.75) is 0 Å². The minimum atomic E-state index is -0.424. The second-order valence-corrected chi connectivity index (χ2v) is 6.71. The molecule has 164 valence electrons. The molecule has 1 N–H and O–H groups in total. The van der Waals surface area contributed by atoms with E-state index in [2.05, 4.69) is 15.3 Å². The van der Waals surface area contributed by atoms with E-state index >= 15 is 0 Å². The van der Waals surface area contributed by atoms with Gasteiger partial charge < -0.3 is 28.8 Å². The number of methoxy groups -OCH3 is 4. The van der Waals surface area contributed by atoms with Gasteiger partial charge in [0, 0.05) is 35.6 Å². The highest BCUT2D eigenvalue weighted by atomic mass is 16.5. The largest absolute Gasteiger partial charge is 0.493 e. The normalized spacial score (nSPS) is 10.6. The molecule has 0 radical (unpaired) electrons. The molecule has 0 unspecified atom stereocenters. The summed E-state index contributed by atoms with van der Waals surface area (Å²) in [6.45, 7) is 0. The molecule has 9 heteroatoms. The molecule has 0 saturated heterocycles. The van der Waals surface area contributed by atoms with E-state index in [0.717, 1.165) is 5.39 Å². The molecule has 0 atom stereocenters. The molecule has 2 aromatic heterocycles. The number of benzene rings is 2. The van der Waals surface area contributed by atoms with Gasteiger partial charge in [-0.25, -0.2) is 9.78 Å². The van der Waals surface area contributed by atoms with E-state index in [4.69, 9.17) is 18.9 Å². The third-order valence-corrected chi connectivity index (χ3v) is 4.92. The number of fused-ring (bicyclic) bond motifs is 1. The lowest BCUT2D eigenvalue weighted by Gasteiger charge is -2.15. The Hall–Kier alpha value is -4.27. The highest BCUT2D eigenvalue weighted by Crippen LogP contribution is 2.40. The zero-order valence-electron chi connectivity index (χ0n) is 18.1. The summed E-state index contributed by atoms with van der Waals surface area (Å²) >= 11 is 0. The lowest BCUT2D eigenvalue weighted by atomic mass is 10.2. The van der Waals surface area contributed by atoms with Crippen LogP contribution in [0.4, 0.5) is 11.6 Å². The maximum absolute atomic E-state index is 12.2. The minimum Gasteiger partial charge on any atom is -0.493 e. The third-order valence-electron chi connectivity index (χ3n) is 4.92. The number of rotatable bonds is 7. The lowest BCUT2D eigenvalue weighted by molar-refractivity contribution is 0.0601. The lowest BCUT2D eigenvalue weighted by Crippen LogP contribution is -2.08. The van der Waals surface area contributed by atoms with Crippen LogP contribution in [0.15, 0.2) is 54.9 Å². The van der Waals surface area contributed by atoms with Gasteiger partial charge in [0.25, 0.3) is 0 Å². The first-order valence-electron chi connectivity index (χ1n) is 9.68.